The number of pyridine rings is 1. The molecule has 0 aliphatic rings. The van der Waals surface area contributed by atoms with Gasteiger partial charge in [-0.05, 0) is 29.9 Å². The molecule has 1 atom stereocenters. The Morgan fingerprint density at radius 3 is 2.50 bits per heavy atom. The Morgan fingerprint density at radius 2 is 1.88 bits per heavy atom. The standard InChI is InChI=1S/C13H19N3/c1-9(13(3,4)5)11-6-7-12-15-14-10(2)16(12)8-11/h6-9H,1-5H3. The Hall–Kier alpha value is -1.38. The van der Waals surface area contributed by atoms with Gasteiger partial charge in [-0.2, -0.15) is 0 Å². The van der Waals surface area contributed by atoms with Crippen molar-refractivity contribution in [2.24, 2.45) is 5.41 Å². The molecule has 0 saturated heterocycles. The van der Waals surface area contributed by atoms with Crippen molar-refractivity contribution in [3.8, 4) is 0 Å². The minimum absolute atomic E-state index is 0.273. The fourth-order valence-electron chi connectivity index (χ4n) is 1.78. The molecular weight excluding hydrogens is 198 g/mol. The second kappa shape index (κ2) is 3.58. The van der Waals surface area contributed by atoms with Crippen LogP contribution in [0, 0.1) is 12.3 Å². The molecule has 0 aromatic carbocycles. The quantitative estimate of drug-likeness (QED) is 0.734. The molecular formula is C13H19N3. The van der Waals surface area contributed by atoms with Crippen LogP contribution in [0.1, 0.15) is 45.0 Å². The summed E-state index contributed by atoms with van der Waals surface area (Å²) in [5, 5.41) is 8.17. The van der Waals surface area contributed by atoms with Crippen LogP contribution >= 0.6 is 0 Å². The first-order valence-corrected chi connectivity index (χ1v) is 5.71. The highest BCUT2D eigenvalue weighted by Crippen LogP contribution is 2.34. The van der Waals surface area contributed by atoms with Gasteiger partial charge >= 0.3 is 0 Å². The van der Waals surface area contributed by atoms with Crippen LogP contribution in [0.25, 0.3) is 5.65 Å². The number of rotatable bonds is 1. The van der Waals surface area contributed by atoms with Gasteiger partial charge in [0, 0.05) is 6.20 Å². The van der Waals surface area contributed by atoms with Crippen LogP contribution in [-0.4, -0.2) is 14.6 Å². The molecule has 0 saturated carbocycles. The molecule has 0 N–H and O–H groups in total. The lowest BCUT2D eigenvalue weighted by molar-refractivity contribution is 0.339. The van der Waals surface area contributed by atoms with Crippen molar-refractivity contribution in [2.75, 3.05) is 0 Å². The van der Waals surface area contributed by atoms with E-state index in [9.17, 15) is 0 Å². The molecule has 0 fully saturated rings. The second-order valence-electron chi connectivity index (χ2n) is 5.53. The van der Waals surface area contributed by atoms with E-state index in [1.54, 1.807) is 0 Å². The zero-order valence-corrected chi connectivity index (χ0v) is 10.7. The average molecular weight is 217 g/mol. The maximum Gasteiger partial charge on any atom is 0.160 e. The fourth-order valence-corrected chi connectivity index (χ4v) is 1.78. The number of fused-ring (bicyclic) bond motifs is 1. The van der Waals surface area contributed by atoms with Gasteiger partial charge in [-0.15, -0.1) is 10.2 Å². The van der Waals surface area contributed by atoms with Crippen molar-refractivity contribution in [3.05, 3.63) is 29.7 Å². The third kappa shape index (κ3) is 1.82. The van der Waals surface area contributed by atoms with Gasteiger partial charge in [-0.1, -0.05) is 33.8 Å². The molecule has 0 amide bonds. The summed E-state index contributed by atoms with van der Waals surface area (Å²) in [7, 11) is 0. The molecule has 0 aliphatic heterocycles. The van der Waals surface area contributed by atoms with E-state index in [1.165, 1.54) is 5.56 Å². The second-order valence-corrected chi connectivity index (χ2v) is 5.53. The van der Waals surface area contributed by atoms with E-state index in [2.05, 4.69) is 54.6 Å². The van der Waals surface area contributed by atoms with E-state index in [-0.39, 0.29) is 5.41 Å². The van der Waals surface area contributed by atoms with Crippen molar-refractivity contribution in [3.63, 3.8) is 0 Å². The first-order chi connectivity index (χ1) is 7.39. The van der Waals surface area contributed by atoms with Crippen LogP contribution in [0.2, 0.25) is 0 Å². The topological polar surface area (TPSA) is 30.2 Å². The van der Waals surface area contributed by atoms with Crippen molar-refractivity contribution in [2.45, 2.75) is 40.5 Å². The molecule has 2 rings (SSSR count). The lowest BCUT2D eigenvalue weighted by Crippen LogP contribution is -2.15. The summed E-state index contributed by atoms with van der Waals surface area (Å²) in [6.07, 6.45) is 2.15. The van der Waals surface area contributed by atoms with Gasteiger partial charge in [0.1, 0.15) is 5.82 Å². The normalized spacial score (nSPS) is 14.3. The molecule has 3 heteroatoms. The molecule has 16 heavy (non-hydrogen) atoms. The van der Waals surface area contributed by atoms with Crippen LogP contribution < -0.4 is 0 Å². The molecule has 2 aromatic heterocycles. The van der Waals surface area contributed by atoms with Crippen LogP contribution in [0.15, 0.2) is 18.3 Å². The zero-order chi connectivity index (χ0) is 11.9. The molecule has 0 bridgehead atoms. The van der Waals surface area contributed by atoms with E-state index < -0.39 is 0 Å². The highest BCUT2D eigenvalue weighted by Gasteiger charge is 2.22. The summed E-state index contributed by atoms with van der Waals surface area (Å²) < 4.78 is 2.05. The third-order valence-electron chi connectivity index (χ3n) is 3.39. The molecule has 0 radical (unpaired) electrons. The van der Waals surface area contributed by atoms with Gasteiger partial charge in [-0.3, -0.25) is 4.40 Å². The van der Waals surface area contributed by atoms with Crippen molar-refractivity contribution >= 4 is 5.65 Å². The summed E-state index contributed by atoms with van der Waals surface area (Å²) in [5.41, 5.74) is 2.53. The van der Waals surface area contributed by atoms with Crippen LogP contribution in [0.3, 0.4) is 0 Å². The van der Waals surface area contributed by atoms with Gasteiger partial charge in [0.05, 0.1) is 0 Å². The Morgan fingerprint density at radius 1 is 1.19 bits per heavy atom. The summed E-state index contributed by atoms with van der Waals surface area (Å²) >= 11 is 0. The summed E-state index contributed by atoms with van der Waals surface area (Å²) in [6, 6.07) is 4.19. The minimum Gasteiger partial charge on any atom is -0.286 e. The third-order valence-corrected chi connectivity index (χ3v) is 3.39. The predicted molar refractivity (Wildman–Crippen MR) is 65.6 cm³/mol. The number of aryl methyl sites for hydroxylation is 1. The van der Waals surface area contributed by atoms with E-state index >= 15 is 0 Å². The maximum atomic E-state index is 4.09. The Kier molecular flexibility index (Phi) is 2.49. The number of hydrogen-bond donors (Lipinski definition) is 0. The Bertz CT molecular complexity index is 505. The van der Waals surface area contributed by atoms with Gasteiger partial charge in [0.25, 0.3) is 0 Å². The molecule has 3 nitrogen and oxygen atoms in total. The minimum atomic E-state index is 0.273. The summed E-state index contributed by atoms with van der Waals surface area (Å²) in [5.74, 6) is 1.46. The predicted octanol–water partition coefficient (Wildman–Crippen LogP) is 3.19. The smallest absolute Gasteiger partial charge is 0.160 e. The molecule has 2 heterocycles. The molecule has 86 valence electrons. The Labute approximate surface area is 96.5 Å². The van der Waals surface area contributed by atoms with Crippen molar-refractivity contribution in [1.82, 2.24) is 14.6 Å². The molecule has 0 aliphatic carbocycles. The summed E-state index contributed by atoms with van der Waals surface area (Å²) in [6.45, 7) is 11.0. The Balaban J connectivity index is 2.50. The first kappa shape index (κ1) is 11.1. The summed E-state index contributed by atoms with van der Waals surface area (Å²) in [4.78, 5) is 0. The number of nitrogens with zero attached hydrogens (tertiary/aromatic N) is 3. The van der Waals surface area contributed by atoms with Crippen LogP contribution in [-0.2, 0) is 0 Å². The van der Waals surface area contributed by atoms with Crippen LogP contribution in [0.5, 0.6) is 0 Å². The zero-order valence-electron chi connectivity index (χ0n) is 10.7. The van der Waals surface area contributed by atoms with Gasteiger partial charge < -0.3 is 0 Å². The lowest BCUT2D eigenvalue weighted by atomic mass is 9.78. The van der Waals surface area contributed by atoms with Crippen molar-refractivity contribution < 1.29 is 0 Å². The van der Waals surface area contributed by atoms with E-state index in [4.69, 9.17) is 0 Å². The highest BCUT2D eigenvalue weighted by molar-refractivity contribution is 5.40. The van der Waals surface area contributed by atoms with Gasteiger partial charge in [-0.25, -0.2) is 0 Å². The van der Waals surface area contributed by atoms with E-state index in [0.717, 1.165) is 11.5 Å². The van der Waals surface area contributed by atoms with E-state index in [1.807, 2.05) is 13.0 Å². The number of hydrogen-bond acceptors (Lipinski definition) is 2. The van der Waals surface area contributed by atoms with E-state index in [0.29, 0.717) is 5.92 Å². The molecule has 0 spiro atoms. The number of aromatic nitrogens is 3. The molecule has 2 aromatic rings. The van der Waals surface area contributed by atoms with Gasteiger partial charge in [0.15, 0.2) is 5.65 Å². The average Bonchev–Trinajstić information content (AvgIpc) is 2.58. The largest absolute Gasteiger partial charge is 0.286 e. The first-order valence-electron chi connectivity index (χ1n) is 5.71. The maximum absolute atomic E-state index is 4.09. The monoisotopic (exact) mass is 217 g/mol. The SMILES string of the molecule is Cc1nnc2ccc(C(C)C(C)(C)C)cn12. The highest BCUT2D eigenvalue weighted by atomic mass is 15.2. The van der Waals surface area contributed by atoms with Crippen LogP contribution in [0.4, 0.5) is 0 Å². The fraction of sp³-hybridized carbons (Fsp3) is 0.538. The van der Waals surface area contributed by atoms with Crippen molar-refractivity contribution in [1.29, 1.82) is 0 Å². The van der Waals surface area contributed by atoms with Gasteiger partial charge in [0.2, 0.25) is 0 Å². The lowest BCUT2D eigenvalue weighted by Gasteiger charge is -2.27. The molecule has 1 unspecified atom stereocenters.